The van der Waals surface area contributed by atoms with Crippen LogP contribution in [-0.4, -0.2) is 46.5 Å². The van der Waals surface area contributed by atoms with Crippen LogP contribution in [0.4, 0.5) is 0 Å². The molecule has 0 unspecified atom stereocenters. The van der Waals surface area contributed by atoms with Crippen molar-refractivity contribution in [3.05, 3.63) is 86.7 Å². The molecule has 1 amide bonds. The summed E-state index contributed by atoms with van der Waals surface area (Å²) in [6.07, 6.45) is 2.34. The second-order valence-corrected chi connectivity index (χ2v) is 10.5. The zero-order valence-electron chi connectivity index (χ0n) is 19.6. The Morgan fingerprint density at radius 2 is 1.92 bits per heavy atom. The first-order valence-corrected chi connectivity index (χ1v) is 13.1. The molecule has 37 heavy (non-hydrogen) atoms. The average Bonchev–Trinajstić information content (AvgIpc) is 3.13. The summed E-state index contributed by atoms with van der Waals surface area (Å²) in [6, 6.07) is 17.5. The van der Waals surface area contributed by atoms with Crippen LogP contribution < -0.4 is 9.47 Å². The van der Waals surface area contributed by atoms with E-state index in [4.69, 9.17) is 50.0 Å². The molecule has 190 valence electrons. The molecule has 0 saturated carbocycles. The van der Waals surface area contributed by atoms with E-state index in [0.717, 1.165) is 16.7 Å². The summed E-state index contributed by atoms with van der Waals surface area (Å²) in [6.45, 7) is 0.681. The predicted octanol–water partition coefficient (Wildman–Crippen LogP) is 7.04. The average molecular weight is 575 g/mol. The number of thiocarbonyl (C=S) groups is 1. The zero-order valence-corrected chi connectivity index (χ0v) is 22.7. The highest BCUT2D eigenvalue weighted by Gasteiger charge is 2.31. The van der Waals surface area contributed by atoms with Gasteiger partial charge in [0.1, 0.15) is 4.32 Å². The van der Waals surface area contributed by atoms with Crippen molar-refractivity contribution in [1.29, 1.82) is 0 Å². The number of amides is 1. The van der Waals surface area contributed by atoms with Gasteiger partial charge in [-0.2, -0.15) is 0 Å². The van der Waals surface area contributed by atoms with E-state index < -0.39 is 5.97 Å². The molecular formula is C27H21Cl2NO5S2. The zero-order chi connectivity index (χ0) is 26.5. The second kappa shape index (κ2) is 12.0. The molecule has 3 aromatic rings. The van der Waals surface area contributed by atoms with Crippen LogP contribution >= 0.6 is 47.2 Å². The number of rotatable bonds is 9. The first kappa shape index (κ1) is 27.0. The van der Waals surface area contributed by atoms with Crippen molar-refractivity contribution in [1.82, 2.24) is 4.90 Å². The van der Waals surface area contributed by atoms with Crippen LogP contribution in [0.25, 0.3) is 17.2 Å². The van der Waals surface area contributed by atoms with Crippen molar-refractivity contribution >= 4 is 69.5 Å². The van der Waals surface area contributed by atoms with Crippen LogP contribution in [0.15, 0.2) is 65.6 Å². The summed E-state index contributed by atoms with van der Waals surface area (Å²) in [5.41, 5.74) is 2.72. The van der Waals surface area contributed by atoms with Gasteiger partial charge in [0.15, 0.2) is 11.5 Å². The molecule has 1 aliphatic heterocycles. The highest BCUT2D eigenvalue weighted by molar-refractivity contribution is 8.26. The van der Waals surface area contributed by atoms with Gasteiger partial charge in [0.05, 0.1) is 24.2 Å². The number of carboxylic acids is 1. The van der Waals surface area contributed by atoms with Crippen molar-refractivity contribution in [2.45, 2.75) is 6.42 Å². The Bertz CT molecular complexity index is 1410. The summed E-state index contributed by atoms with van der Waals surface area (Å²) in [7, 11) is 1.44. The molecule has 1 aliphatic rings. The van der Waals surface area contributed by atoms with E-state index in [1.165, 1.54) is 31.0 Å². The molecule has 1 N–H and O–H groups in total. The quantitative estimate of drug-likeness (QED) is 0.167. The first-order valence-electron chi connectivity index (χ1n) is 11.1. The third kappa shape index (κ3) is 6.45. The molecule has 10 heteroatoms. The maximum absolute atomic E-state index is 13.0. The van der Waals surface area contributed by atoms with E-state index in [0.29, 0.717) is 50.3 Å². The van der Waals surface area contributed by atoms with E-state index in [9.17, 15) is 9.59 Å². The number of hydrogen-bond acceptors (Lipinski definition) is 6. The number of methoxy groups -OCH3 is 1. The lowest BCUT2D eigenvalue weighted by molar-refractivity contribution is -0.122. The van der Waals surface area contributed by atoms with E-state index in [1.54, 1.807) is 23.1 Å². The SMILES string of the molecule is COc1cc(C(=O)O)ccc1OCCCN1C(=O)/C(=C/c2cccc(-c3ccc(Cl)cc3Cl)c2)SC1=S. The minimum Gasteiger partial charge on any atom is -0.493 e. The smallest absolute Gasteiger partial charge is 0.335 e. The maximum atomic E-state index is 13.0. The van der Waals surface area contributed by atoms with E-state index >= 15 is 0 Å². The normalized spacial score (nSPS) is 14.4. The van der Waals surface area contributed by atoms with Gasteiger partial charge in [0, 0.05) is 22.2 Å². The predicted molar refractivity (Wildman–Crippen MR) is 152 cm³/mol. The Morgan fingerprint density at radius 3 is 2.65 bits per heavy atom. The Balaban J connectivity index is 1.39. The Hall–Kier alpha value is -3.04. The van der Waals surface area contributed by atoms with Gasteiger partial charge >= 0.3 is 5.97 Å². The van der Waals surface area contributed by atoms with Crippen LogP contribution in [-0.2, 0) is 4.79 Å². The lowest BCUT2D eigenvalue weighted by Crippen LogP contribution is -2.29. The number of carboxylic acid groups (broad SMARTS) is 1. The third-order valence-corrected chi connectivity index (χ3v) is 7.42. The van der Waals surface area contributed by atoms with Gasteiger partial charge in [0.2, 0.25) is 0 Å². The number of carbonyl (C=O) groups excluding carboxylic acids is 1. The fraction of sp³-hybridized carbons (Fsp3) is 0.148. The number of halogens is 2. The van der Waals surface area contributed by atoms with Crippen LogP contribution in [0.1, 0.15) is 22.3 Å². The third-order valence-electron chi connectivity index (χ3n) is 5.49. The molecule has 6 nitrogen and oxygen atoms in total. The van der Waals surface area contributed by atoms with Crippen LogP contribution in [0.2, 0.25) is 10.0 Å². The van der Waals surface area contributed by atoms with Gasteiger partial charge in [-0.1, -0.05) is 71.4 Å². The van der Waals surface area contributed by atoms with Crippen molar-refractivity contribution < 1.29 is 24.2 Å². The highest BCUT2D eigenvalue weighted by atomic mass is 35.5. The van der Waals surface area contributed by atoms with Crippen molar-refractivity contribution in [2.75, 3.05) is 20.3 Å². The molecule has 3 aromatic carbocycles. The molecule has 4 rings (SSSR count). The molecule has 0 aliphatic carbocycles. The number of thioether (sulfide) groups is 1. The highest BCUT2D eigenvalue weighted by Crippen LogP contribution is 2.35. The number of nitrogens with zero attached hydrogens (tertiary/aromatic N) is 1. The van der Waals surface area contributed by atoms with Gasteiger partial charge in [-0.15, -0.1) is 0 Å². The summed E-state index contributed by atoms with van der Waals surface area (Å²) in [5, 5.41) is 10.2. The number of benzene rings is 3. The summed E-state index contributed by atoms with van der Waals surface area (Å²) in [5.74, 6) is -0.449. The number of carbonyl (C=O) groups is 2. The van der Waals surface area contributed by atoms with Gasteiger partial charge in [-0.05, 0) is 60.0 Å². The molecule has 0 spiro atoms. The fourth-order valence-electron chi connectivity index (χ4n) is 3.69. The fourth-order valence-corrected chi connectivity index (χ4v) is 5.51. The minimum atomic E-state index is -1.05. The topological polar surface area (TPSA) is 76.1 Å². The molecule has 0 radical (unpaired) electrons. The largest absolute Gasteiger partial charge is 0.493 e. The molecule has 1 saturated heterocycles. The molecule has 1 fully saturated rings. The van der Waals surface area contributed by atoms with Crippen molar-refractivity contribution in [3.63, 3.8) is 0 Å². The number of hydrogen-bond donors (Lipinski definition) is 1. The minimum absolute atomic E-state index is 0.107. The van der Waals surface area contributed by atoms with Gasteiger partial charge in [0.25, 0.3) is 5.91 Å². The van der Waals surface area contributed by atoms with Crippen LogP contribution in [0.5, 0.6) is 11.5 Å². The Labute approximate surface area is 233 Å². The van der Waals surface area contributed by atoms with Crippen molar-refractivity contribution in [2.24, 2.45) is 0 Å². The standard InChI is InChI=1S/C27H21Cl2NO5S2/c1-34-23-14-18(26(32)33)6-9-22(23)35-11-3-10-30-25(31)24(37-27(30)36)13-16-4-2-5-17(12-16)20-8-7-19(28)15-21(20)29/h2,4-9,12-15H,3,10-11H2,1H3,(H,32,33)/b24-13-. The molecule has 0 aromatic heterocycles. The molecular weight excluding hydrogens is 553 g/mol. The van der Waals surface area contributed by atoms with Crippen LogP contribution in [0, 0.1) is 0 Å². The number of ether oxygens (including phenoxy) is 2. The molecule has 0 atom stereocenters. The molecule has 1 heterocycles. The lowest BCUT2D eigenvalue weighted by Gasteiger charge is -2.15. The van der Waals surface area contributed by atoms with Crippen LogP contribution in [0.3, 0.4) is 0 Å². The van der Waals surface area contributed by atoms with Crippen molar-refractivity contribution in [3.8, 4) is 22.6 Å². The van der Waals surface area contributed by atoms with Gasteiger partial charge in [-0.3, -0.25) is 9.69 Å². The molecule has 0 bridgehead atoms. The maximum Gasteiger partial charge on any atom is 0.335 e. The second-order valence-electron chi connectivity index (χ2n) is 7.96. The summed E-state index contributed by atoms with van der Waals surface area (Å²) in [4.78, 5) is 26.3. The monoisotopic (exact) mass is 573 g/mol. The Morgan fingerprint density at radius 1 is 1.11 bits per heavy atom. The van der Waals surface area contributed by atoms with E-state index in [2.05, 4.69) is 0 Å². The van der Waals surface area contributed by atoms with E-state index in [-0.39, 0.29) is 11.5 Å². The first-order chi connectivity index (χ1) is 17.8. The summed E-state index contributed by atoms with van der Waals surface area (Å²) >= 11 is 19.1. The van der Waals surface area contributed by atoms with Gasteiger partial charge < -0.3 is 14.6 Å². The lowest BCUT2D eigenvalue weighted by atomic mass is 10.0. The van der Waals surface area contributed by atoms with E-state index in [1.807, 2.05) is 36.4 Å². The van der Waals surface area contributed by atoms with Gasteiger partial charge in [-0.25, -0.2) is 4.79 Å². The summed E-state index contributed by atoms with van der Waals surface area (Å²) < 4.78 is 11.5. The number of aromatic carboxylic acids is 1. The Kier molecular flexibility index (Phi) is 8.76.